The molecule has 5 rings (SSSR count). The van der Waals surface area contributed by atoms with Gasteiger partial charge in [-0.15, -0.1) is 0 Å². The van der Waals surface area contributed by atoms with Crippen LogP contribution in [0.2, 0.25) is 0 Å². The van der Waals surface area contributed by atoms with E-state index in [2.05, 4.69) is 30.5 Å². The minimum absolute atomic E-state index is 0.0436. The lowest BCUT2D eigenvalue weighted by atomic mass is 9.99. The molecule has 0 aliphatic carbocycles. The fourth-order valence-corrected chi connectivity index (χ4v) is 5.60. The summed E-state index contributed by atoms with van der Waals surface area (Å²) in [7, 11) is 0. The van der Waals surface area contributed by atoms with E-state index in [1.54, 1.807) is 12.1 Å². The third-order valence-corrected chi connectivity index (χ3v) is 7.48. The smallest absolute Gasteiger partial charge is 0.306 e. The molecular formula is C30H34FN3O3. The molecule has 2 atom stereocenters. The van der Waals surface area contributed by atoms with Crippen LogP contribution >= 0.6 is 0 Å². The lowest BCUT2D eigenvalue weighted by Crippen LogP contribution is -2.30. The van der Waals surface area contributed by atoms with Crippen molar-refractivity contribution in [3.05, 3.63) is 77.4 Å². The van der Waals surface area contributed by atoms with E-state index in [9.17, 15) is 14.0 Å². The van der Waals surface area contributed by atoms with Gasteiger partial charge in [0, 0.05) is 44.0 Å². The lowest BCUT2D eigenvalue weighted by Gasteiger charge is -2.24. The molecule has 37 heavy (non-hydrogen) atoms. The molecule has 2 aliphatic heterocycles. The van der Waals surface area contributed by atoms with Crippen LogP contribution in [-0.4, -0.2) is 45.5 Å². The maximum Gasteiger partial charge on any atom is 0.306 e. The van der Waals surface area contributed by atoms with E-state index in [1.807, 2.05) is 23.1 Å². The van der Waals surface area contributed by atoms with Crippen LogP contribution in [0, 0.1) is 5.82 Å². The SMILES string of the molecule is CC(C)c1c(C(=O)N2CCC(c3ccccc3)C2)nc(-c2ccc(F)cc2)n1CCC1CCCC(=O)O1. The second kappa shape index (κ2) is 10.9. The monoisotopic (exact) mass is 503 g/mol. The number of imidazole rings is 1. The Labute approximate surface area is 217 Å². The van der Waals surface area contributed by atoms with Crippen molar-refractivity contribution in [1.29, 1.82) is 0 Å². The molecule has 0 N–H and O–H groups in total. The number of ether oxygens (including phenoxy) is 1. The van der Waals surface area contributed by atoms with Crippen molar-refractivity contribution < 1.29 is 18.7 Å². The van der Waals surface area contributed by atoms with Crippen molar-refractivity contribution in [3.63, 3.8) is 0 Å². The Hall–Kier alpha value is -3.48. The number of cyclic esters (lactones) is 1. The predicted octanol–water partition coefficient (Wildman–Crippen LogP) is 5.93. The van der Waals surface area contributed by atoms with Crippen LogP contribution in [0.25, 0.3) is 11.4 Å². The summed E-state index contributed by atoms with van der Waals surface area (Å²) in [5.74, 6) is 0.471. The zero-order valence-electron chi connectivity index (χ0n) is 21.5. The molecule has 2 saturated heterocycles. The maximum absolute atomic E-state index is 13.9. The molecule has 0 bridgehead atoms. The average molecular weight is 504 g/mol. The molecule has 3 heterocycles. The molecule has 7 heteroatoms. The third kappa shape index (κ3) is 5.45. The Morgan fingerprint density at radius 2 is 1.86 bits per heavy atom. The highest BCUT2D eigenvalue weighted by Gasteiger charge is 2.33. The summed E-state index contributed by atoms with van der Waals surface area (Å²) in [5.41, 5.74) is 3.34. The number of benzene rings is 2. The Bertz CT molecular complexity index is 1250. The Morgan fingerprint density at radius 3 is 2.57 bits per heavy atom. The van der Waals surface area contributed by atoms with Crippen LogP contribution in [0.15, 0.2) is 54.6 Å². The lowest BCUT2D eigenvalue weighted by molar-refractivity contribution is -0.154. The standard InChI is InChI=1S/C30H34FN3O3/c1-20(2)28-27(30(36)33-17-15-23(19-33)21-7-4-3-5-8-21)32-29(22-11-13-24(31)14-12-22)34(28)18-16-25-9-6-10-26(35)37-25/h3-5,7-8,11-14,20,23,25H,6,9-10,15-19H2,1-2H3. The largest absolute Gasteiger partial charge is 0.462 e. The van der Waals surface area contributed by atoms with Gasteiger partial charge in [0.2, 0.25) is 0 Å². The highest BCUT2D eigenvalue weighted by atomic mass is 19.1. The van der Waals surface area contributed by atoms with Gasteiger partial charge in [-0.2, -0.15) is 0 Å². The van der Waals surface area contributed by atoms with Gasteiger partial charge >= 0.3 is 5.97 Å². The van der Waals surface area contributed by atoms with Gasteiger partial charge in [-0.1, -0.05) is 44.2 Å². The molecule has 6 nitrogen and oxygen atoms in total. The summed E-state index contributed by atoms with van der Waals surface area (Å²) in [6.07, 6.45) is 3.56. The number of hydrogen-bond donors (Lipinski definition) is 0. The van der Waals surface area contributed by atoms with Crippen LogP contribution in [0.4, 0.5) is 4.39 Å². The molecule has 2 unspecified atom stereocenters. The van der Waals surface area contributed by atoms with E-state index in [0.29, 0.717) is 49.9 Å². The first-order chi connectivity index (χ1) is 17.9. The van der Waals surface area contributed by atoms with E-state index in [-0.39, 0.29) is 29.7 Å². The van der Waals surface area contributed by atoms with Gasteiger partial charge in [0.1, 0.15) is 17.7 Å². The van der Waals surface area contributed by atoms with Gasteiger partial charge < -0.3 is 14.2 Å². The second-order valence-electron chi connectivity index (χ2n) is 10.4. The van der Waals surface area contributed by atoms with Gasteiger partial charge in [-0.05, 0) is 55.0 Å². The first-order valence-electron chi connectivity index (χ1n) is 13.3. The van der Waals surface area contributed by atoms with Gasteiger partial charge in [0.25, 0.3) is 5.91 Å². The molecule has 0 radical (unpaired) electrons. The Morgan fingerprint density at radius 1 is 1.11 bits per heavy atom. The first-order valence-corrected chi connectivity index (χ1v) is 13.3. The number of esters is 1. The highest BCUT2D eigenvalue weighted by Crippen LogP contribution is 2.33. The molecule has 1 aromatic heterocycles. The van der Waals surface area contributed by atoms with Gasteiger partial charge in [-0.3, -0.25) is 9.59 Å². The molecule has 2 aliphatic rings. The second-order valence-corrected chi connectivity index (χ2v) is 10.4. The number of halogens is 1. The van der Waals surface area contributed by atoms with Gasteiger partial charge in [0.15, 0.2) is 5.69 Å². The van der Waals surface area contributed by atoms with Crippen LogP contribution in [0.1, 0.15) is 79.5 Å². The normalized spacial score (nSPS) is 19.9. The molecule has 2 fully saturated rings. The van der Waals surface area contributed by atoms with Crippen molar-refractivity contribution >= 4 is 11.9 Å². The molecular weight excluding hydrogens is 469 g/mol. The Kier molecular flexibility index (Phi) is 7.40. The molecule has 1 amide bonds. The summed E-state index contributed by atoms with van der Waals surface area (Å²) in [5, 5.41) is 0. The molecule has 0 saturated carbocycles. The van der Waals surface area contributed by atoms with Crippen molar-refractivity contribution in [2.75, 3.05) is 13.1 Å². The summed E-state index contributed by atoms with van der Waals surface area (Å²) < 4.78 is 21.4. The fraction of sp³-hybridized carbons (Fsp3) is 0.433. The first kappa shape index (κ1) is 25.2. The summed E-state index contributed by atoms with van der Waals surface area (Å²) >= 11 is 0. The van der Waals surface area contributed by atoms with Crippen LogP contribution in [0.5, 0.6) is 0 Å². The fourth-order valence-electron chi connectivity index (χ4n) is 5.60. The molecule has 0 spiro atoms. The number of likely N-dealkylation sites (tertiary alicyclic amines) is 1. The Balaban J connectivity index is 1.47. The minimum Gasteiger partial charge on any atom is -0.462 e. The summed E-state index contributed by atoms with van der Waals surface area (Å²) in [6, 6.07) is 16.6. The van der Waals surface area contributed by atoms with Crippen molar-refractivity contribution in [2.24, 2.45) is 0 Å². The van der Waals surface area contributed by atoms with Gasteiger partial charge in [-0.25, -0.2) is 9.37 Å². The number of carbonyl (C=O) groups is 2. The summed E-state index contributed by atoms with van der Waals surface area (Å²) in [4.78, 5) is 32.5. The summed E-state index contributed by atoms with van der Waals surface area (Å²) in [6.45, 7) is 6.04. The van der Waals surface area contributed by atoms with Crippen LogP contribution in [-0.2, 0) is 16.1 Å². The van der Waals surface area contributed by atoms with Gasteiger partial charge in [0.05, 0.1) is 5.69 Å². The molecule has 194 valence electrons. The number of amides is 1. The number of hydrogen-bond acceptors (Lipinski definition) is 4. The van der Waals surface area contributed by atoms with E-state index >= 15 is 0 Å². The van der Waals surface area contributed by atoms with E-state index in [1.165, 1.54) is 17.7 Å². The molecule has 3 aromatic rings. The zero-order valence-corrected chi connectivity index (χ0v) is 21.5. The average Bonchev–Trinajstić information content (AvgIpc) is 3.54. The number of nitrogens with zero attached hydrogens (tertiary/aromatic N) is 3. The number of aromatic nitrogens is 2. The van der Waals surface area contributed by atoms with Crippen LogP contribution in [0.3, 0.4) is 0 Å². The topological polar surface area (TPSA) is 64.4 Å². The van der Waals surface area contributed by atoms with Crippen molar-refractivity contribution in [2.45, 2.75) is 70.4 Å². The number of rotatable bonds is 7. The quantitative estimate of drug-likeness (QED) is 0.375. The van der Waals surface area contributed by atoms with Crippen LogP contribution < -0.4 is 0 Å². The minimum atomic E-state index is -0.319. The number of carbonyl (C=O) groups excluding carboxylic acids is 2. The third-order valence-electron chi connectivity index (χ3n) is 7.48. The highest BCUT2D eigenvalue weighted by molar-refractivity contribution is 5.94. The van der Waals surface area contributed by atoms with E-state index in [0.717, 1.165) is 30.5 Å². The zero-order chi connectivity index (χ0) is 25.9. The predicted molar refractivity (Wildman–Crippen MR) is 140 cm³/mol. The van der Waals surface area contributed by atoms with E-state index in [4.69, 9.17) is 9.72 Å². The molecule has 2 aromatic carbocycles. The van der Waals surface area contributed by atoms with Crippen molar-refractivity contribution in [3.8, 4) is 11.4 Å². The van der Waals surface area contributed by atoms with Crippen molar-refractivity contribution in [1.82, 2.24) is 14.5 Å². The maximum atomic E-state index is 13.9. The van der Waals surface area contributed by atoms with E-state index < -0.39 is 0 Å².